The van der Waals surface area contributed by atoms with Gasteiger partial charge >= 0.3 is 0 Å². The Bertz CT molecular complexity index is 793. The van der Waals surface area contributed by atoms with Crippen LogP contribution in [-0.4, -0.2) is 52.0 Å². The Kier molecular flexibility index (Phi) is 5.76. The van der Waals surface area contributed by atoms with E-state index in [1.54, 1.807) is 0 Å². The molecule has 1 unspecified atom stereocenters. The van der Waals surface area contributed by atoms with Crippen LogP contribution in [-0.2, 0) is 11.3 Å². The summed E-state index contributed by atoms with van der Waals surface area (Å²) in [5.41, 5.74) is 2.17. The monoisotopic (exact) mass is 382 g/mol. The predicted octanol–water partition coefficient (Wildman–Crippen LogP) is 3.52. The molecular weight excluding hydrogens is 352 g/mol. The maximum Gasteiger partial charge on any atom is 0.241 e. The van der Waals surface area contributed by atoms with E-state index in [0.29, 0.717) is 24.2 Å². The Labute approximate surface area is 166 Å². The fourth-order valence-electron chi connectivity index (χ4n) is 4.22. The van der Waals surface area contributed by atoms with Gasteiger partial charge in [0.05, 0.1) is 12.5 Å². The number of aromatic nitrogens is 2. The highest BCUT2D eigenvalue weighted by Crippen LogP contribution is 2.24. The predicted molar refractivity (Wildman–Crippen MR) is 107 cm³/mol. The molecule has 0 spiro atoms. The van der Waals surface area contributed by atoms with Crippen LogP contribution in [0.5, 0.6) is 0 Å². The summed E-state index contributed by atoms with van der Waals surface area (Å²) in [4.78, 5) is 21.8. The van der Waals surface area contributed by atoms with E-state index in [-0.39, 0.29) is 5.92 Å². The SMILES string of the molecule is Cc1ccc(-c2noc(CN3CCCC(C(=O)N4CCC(C)CC4)C3)n2)cc1. The average Bonchev–Trinajstić information content (AvgIpc) is 3.17. The average molecular weight is 383 g/mol. The van der Waals surface area contributed by atoms with E-state index in [9.17, 15) is 4.79 Å². The van der Waals surface area contributed by atoms with Gasteiger partial charge in [-0.3, -0.25) is 9.69 Å². The lowest BCUT2D eigenvalue weighted by Crippen LogP contribution is -2.46. The Morgan fingerprint density at radius 1 is 1.14 bits per heavy atom. The summed E-state index contributed by atoms with van der Waals surface area (Å²) in [5, 5.41) is 4.13. The number of carbonyl (C=O) groups excluding carboxylic acids is 1. The largest absolute Gasteiger partial charge is 0.342 e. The van der Waals surface area contributed by atoms with E-state index in [2.05, 4.69) is 33.8 Å². The van der Waals surface area contributed by atoms with Crippen LogP contribution in [0.25, 0.3) is 11.4 Å². The molecule has 2 aliphatic heterocycles. The number of hydrogen-bond donors (Lipinski definition) is 0. The topological polar surface area (TPSA) is 62.5 Å². The first-order valence-electron chi connectivity index (χ1n) is 10.5. The lowest BCUT2D eigenvalue weighted by Gasteiger charge is -2.37. The molecule has 6 heteroatoms. The highest BCUT2D eigenvalue weighted by molar-refractivity contribution is 5.79. The van der Waals surface area contributed by atoms with E-state index in [0.717, 1.165) is 63.3 Å². The summed E-state index contributed by atoms with van der Waals surface area (Å²) >= 11 is 0. The van der Waals surface area contributed by atoms with Crippen molar-refractivity contribution in [1.82, 2.24) is 19.9 Å². The van der Waals surface area contributed by atoms with Gasteiger partial charge in [0.15, 0.2) is 0 Å². The van der Waals surface area contributed by atoms with Gasteiger partial charge in [-0.2, -0.15) is 4.98 Å². The van der Waals surface area contributed by atoms with E-state index in [1.165, 1.54) is 5.56 Å². The van der Waals surface area contributed by atoms with E-state index >= 15 is 0 Å². The van der Waals surface area contributed by atoms with Crippen molar-refractivity contribution < 1.29 is 9.32 Å². The molecule has 4 rings (SSSR count). The molecule has 2 fully saturated rings. The molecule has 0 bridgehead atoms. The number of amides is 1. The van der Waals surface area contributed by atoms with Crippen LogP contribution in [0.4, 0.5) is 0 Å². The standard InChI is InChI=1S/C22H30N4O2/c1-16-5-7-18(8-6-16)21-23-20(28-24-21)15-25-11-3-4-19(14-25)22(27)26-12-9-17(2)10-13-26/h5-8,17,19H,3-4,9-15H2,1-2H3. The van der Waals surface area contributed by atoms with E-state index < -0.39 is 0 Å². The van der Waals surface area contributed by atoms with Crippen LogP contribution in [0.3, 0.4) is 0 Å². The van der Waals surface area contributed by atoms with Gasteiger partial charge in [0.25, 0.3) is 0 Å². The lowest BCUT2D eigenvalue weighted by molar-refractivity contribution is -0.138. The zero-order valence-corrected chi connectivity index (χ0v) is 16.9. The van der Waals surface area contributed by atoms with Gasteiger partial charge in [-0.15, -0.1) is 0 Å². The first-order valence-corrected chi connectivity index (χ1v) is 10.5. The Morgan fingerprint density at radius 2 is 1.89 bits per heavy atom. The first-order chi connectivity index (χ1) is 13.6. The summed E-state index contributed by atoms with van der Waals surface area (Å²) in [7, 11) is 0. The number of benzene rings is 1. The van der Waals surface area contributed by atoms with Gasteiger partial charge < -0.3 is 9.42 Å². The van der Waals surface area contributed by atoms with Crippen LogP contribution < -0.4 is 0 Å². The van der Waals surface area contributed by atoms with Crippen molar-refractivity contribution in [2.75, 3.05) is 26.2 Å². The minimum Gasteiger partial charge on any atom is -0.342 e. The second kappa shape index (κ2) is 8.43. The van der Waals surface area contributed by atoms with Crippen LogP contribution in [0.15, 0.2) is 28.8 Å². The molecule has 2 aliphatic rings. The summed E-state index contributed by atoms with van der Waals surface area (Å²) < 4.78 is 5.48. The third-order valence-electron chi connectivity index (χ3n) is 6.09. The maximum atomic E-state index is 12.9. The van der Waals surface area contributed by atoms with Crippen molar-refractivity contribution in [3.63, 3.8) is 0 Å². The number of aryl methyl sites for hydroxylation is 1. The minimum atomic E-state index is 0.0987. The number of carbonyl (C=O) groups is 1. The van der Waals surface area contributed by atoms with Crippen molar-refractivity contribution in [3.8, 4) is 11.4 Å². The minimum absolute atomic E-state index is 0.0987. The Morgan fingerprint density at radius 3 is 2.64 bits per heavy atom. The van der Waals surface area contributed by atoms with E-state index in [4.69, 9.17) is 4.52 Å². The van der Waals surface area contributed by atoms with Gasteiger partial charge in [0.1, 0.15) is 0 Å². The van der Waals surface area contributed by atoms with Gasteiger partial charge in [-0.25, -0.2) is 0 Å². The molecule has 2 saturated heterocycles. The smallest absolute Gasteiger partial charge is 0.241 e. The Hall–Kier alpha value is -2.21. The molecule has 2 aromatic rings. The first kappa shape index (κ1) is 19.1. The number of piperidine rings is 2. The molecule has 0 saturated carbocycles. The van der Waals surface area contributed by atoms with Crippen molar-refractivity contribution in [3.05, 3.63) is 35.7 Å². The number of hydrogen-bond acceptors (Lipinski definition) is 5. The number of likely N-dealkylation sites (tertiary alicyclic amines) is 2. The summed E-state index contributed by atoms with van der Waals surface area (Å²) in [5.74, 6) is 2.42. The van der Waals surface area contributed by atoms with Gasteiger partial charge in [-0.05, 0) is 45.1 Å². The molecule has 1 aromatic heterocycles. The van der Waals surface area contributed by atoms with Crippen LogP contribution in [0.1, 0.15) is 44.1 Å². The molecule has 1 aromatic carbocycles. The molecule has 28 heavy (non-hydrogen) atoms. The quantitative estimate of drug-likeness (QED) is 0.810. The molecule has 3 heterocycles. The zero-order valence-electron chi connectivity index (χ0n) is 16.9. The molecule has 0 aliphatic carbocycles. The maximum absolute atomic E-state index is 12.9. The zero-order chi connectivity index (χ0) is 19.5. The fraction of sp³-hybridized carbons (Fsp3) is 0.591. The molecule has 0 N–H and O–H groups in total. The molecule has 0 radical (unpaired) electrons. The highest BCUT2D eigenvalue weighted by atomic mass is 16.5. The van der Waals surface area contributed by atoms with Gasteiger partial charge in [0, 0.05) is 25.2 Å². The summed E-state index contributed by atoms with van der Waals surface area (Å²) in [6.45, 7) is 8.54. The van der Waals surface area contributed by atoms with Crippen LogP contribution >= 0.6 is 0 Å². The number of nitrogens with zero attached hydrogens (tertiary/aromatic N) is 4. The summed E-state index contributed by atoms with van der Waals surface area (Å²) in [6.07, 6.45) is 4.29. The van der Waals surface area contributed by atoms with Gasteiger partial charge in [0.2, 0.25) is 17.6 Å². The third-order valence-corrected chi connectivity index (χ3v) is 6.09. The third kappa shape index (κ3) is 4.43. The van der Waals surface area contributed by atoms with Crippen molar-refractivity contribution >= 4 is 5.91 Å². The van der Waals surface area contributed by atoms with E-state index in [1.807, 2.05) is 24.3 Å². The fourth-order valence-corrected chi connectivity index (χ4v) is 4.22. The van der Waals surface area contributed by atoms with Crippen molar-refractivity contribution in [2.45, 2.75) is 46.1 Å². The normalized spacial score (nSPS) is 21.8. The van der Waals surface area contributed by atoms with Crippen LogP contribution in [0, 0.1) is 18.8 Å². The highest BCUT2D eigenvalue weighted by Gasteiger charge is 2.31. The second-order valence-electron chi connectivity index (χ2n) is 8.46. The van der Waals surface area contributed by atoms with Crippen LogP contribution in [0.2, 0.25) is 0 Å². The van der Waals surface area contributed by atoms with Gasteiger partial charge in [-0.1, -0.05) is 41.9 Å². The molecular formula is C22H30N4O2. The van der Waals surface area contributed by atoms with Crippen molar-refractivity contribution in [1.29, 1.82) is 0 Å². The molecule has 1 atom stereocenters. The van der Waals surface area contributed by atoms with Crippen molar-refractivity contribution in [2.24, 2.45) is 11.8 Å². The Balaban J connectivity index is 1.35. The molecule has 6 nitrogen and oxygen atoms in total. The molecule has 1 amide bonds. The lowest BCUT2D eigenvalue weighted by atomic mass is 9.93. The number of rotatable bonds is 4. The summed E-state index contributed by atoms with van der Waals surface area (Å²) in [6, 6.07) is 8.12. The second-order valence-corrected chi connectivity index (χ2v) is 8.46. The molecule has 150 valence electrons.